The van der Waals surface area contributed by atoms with Crippen molar-refractivity contribution < 1.29 is 0 Å². The summed E-state index contributed by atoms with van der Waals surface area (Å²) in [4.78, 5) is 15.5. The second kappa shape index (κ2) is 13.1. The first-order valence-corrected chi connectivity index (χ1v) is 18.6. The lowest BCUT2D eigenvalue weighted by molar-refractivity contribution is 1.08. The minimum Gasteiger partial charge on any atom is -0.208 e. The molecular weight excluding hydrogens is 663 g/mol. The SMILES string of the molecule is c1ccc(-c2cccc(-c3ccc4c(c3)sc3c5ccccc5c(-c5nc(-c6ccccc6)nc(-c6cccc(-c7ccccc7)c6)n5)cc43)c2)cc1. The van der Waals surface area contributed by atoms with Gasteiger partial charge in [-0.05, 0) is 63.0 Å². The molecule has 248 valence electrons. The van der Waals surface area contributed by atoms with Crippen molar-refractivity contribution in [1.29, 1.82) is 0 Å². The molecule has 0 saturated heterocycles. The second-order valence-corrected chi connectivity index (χ2v) is 14.3. The van der Waals surface area contributed by atoms with Crippen molar-refractivity contribution in [3.8, 4) is 67.5 Å². The molecule has 8 aromatic carbocycles. The summed E-state index contributed by atoms with van der Waals surface area (Å²) in [6.07, 6.45) is 0. The molecule has 0 bridgehead atoms. The minimum atomic E-state index is 0.647. The third-order valence-corrected chi connectivity index (χ3v) is 11.1. The molecule has 0 aliphatic heterocycles. The number of hydrogen-bond donors (Lipinski definition) is 0. The zero-order valence-electron chi connectivity index (χ0n) is 28.6. The first kappa shape index (κ1) is 31.0. The molecule has 0 radical (unpaired) electrons. The van der Waals surface area contributed by atoms with Crippen molar-refractivity contribution in [3.05, 3.63) is 188 Å². The fraction of sp³-hybridized carbons (Fsp3) is 0. The molecule has 0 atom stereocenters. The Labute approximate surface area is 311 Å². The van der Waals surface area contributed by atoms with Crippen molar-refractivity contribution in [1.82, 2.24) is 15.0 Å². The zero-order valence-corrected chi connectivity index (χ0v) is 29.5. The van der Waals surface area contributed by atoms with Crippen LogP contribution in [-0.4, -0.2) is 15.0 Å². The van der Waals surface area contributed by atoms with Crippen molar-refractivity contribution >= 4 is 42.3 Å². The van der Waals surface area contributed by atoms with Gasteiger partial charge in [0.2, 0.25) is 0 Å². The van der Waals surface area contributed by atoms with E-state index in [1.807, 2.05) is 35.6 Å². The predicted octanol–water partition coefficient (Wildman–Crippen LogP) is 13.4. The van der Waals surface area contributed by atoms with E-state index in [1.54, 1.807) is 0 Å². The summed E-state index contributed by atoms with van der Waals surface area (Å²) in [6.45, 7) is 0. The van der Waals surface area contributed by atoms with Gasteiger partial charge in [-0.3, -0.25) is 0 Å². The predicted molar refractivity (Wildman–Crippen MR) is 223 cm³/mol. The molecule has 2 aromatic heterocycles. The maximum absolute atomic E-state index is 5.22. The molecule has 53 heavy (non-hydrogen) atoms. The van der Waals surface area contributed by atoms with Crippen LogP contribution < -0.4 is 0 Å². The fourth-order valence-electron chi connectivity index (χ4n) is 7.28. The monoisotopic (exact) mass is 693 g/mol. The lowest BCUT2D eigenvalue weighted by Crippen LogP contribution is -2.00. The fourth-order valence-corrected chi connectivity index (χ4v) is 8.54. The number of benzene rings is 8. The largest absolute Gasteiger partial charge is 0.208 e. The van der Waals surface area contributed by atoms with Crippen molar-refractivity contribution in [2.24, 2.45) is 0 Å². The topological polar surface area (TPSA) is 38.7 Å². The number of thiophene rings is 1. The Bertz CT molecular complexity index is 2940. The first-order valence-electron chi connectivity index (χ1n) is 17.8. The number of rotatable bonds is 6. The Balaban J connectivity index is 1.15. The van der Waals surface area contributed by atoms with E-state index >= 15 is 0 Å². The maximum Gasteiger partial charge on any atom is 0.164 e. The first-order chi connectivity index (χ1) is 26.2. The maximum atomic E-state index is 5.22. The second-order valence-electron chi connectivity index (χ2n) is 13.2. The molecule has 10 rings (SSSR count). The van der Waals surface area contributed by atoms with Gasteiger partial charge in [-0.25, -0.2) is 15.0 Å². The minimum absolute atomic E-state index is 0.647. The molecule has 2 heterocycles. The highest BCUT2D eigenvalue weighted by Crippen LogP contribution is 2.44. The lowest BCUT2D eigenvalue weighted by atomic mass is 9.97. The molecule has 0 fully saturated rings. The van der Waals surface area contributed by atoms with Gasteiger partial charge >= 0.3 is 0 Å². The van der Waals surface area contributed by atoms with Crippen LogP contribution in [0.5, 0.6) is 0 Å². The van der Waals surface area contributed by atoms with Gasteiger partial charge in [-0.15, -0.1) is 11.3 Å². The van der Waals surface area contributed by atoms with Gasteiger partial charge in [0, 0.05) is 42.2 Å². The summed E-state index contributed by atoms with van der Waals surface area (Å²) in [7, 11) is 0. The quantitative estimate of drug-likeness (QED) is 0.174. The van der Waals surface area contributed by atoms with E-state index in [0.29, 0.717) is 17.5 Å². The van der Waals surface area contributed by atoms with Gasteiger partial charge in [0.15, 0.2) is 17.5 Å². The number of aromatic nitrogens is 3. The number of nitrogens with zero attached hydrogens (tertiary/aromatic N) is 3. The van der Waals surface area contributed by atoms with Gasteiger partial charge in [0.1, 0.15) is 0 Å². The normalized spacial score (nSPS) is 11.4. The third-order valence-electron chi connectivity index (χ3n) is 9.92. The van der Waals surface area contributed by atoms with Crippen LogP contribution in [0, 0.1) is 0 Å². The van der Waals surface area contributed by atoms with E-state index in [-0.39, 0.29) is 0 Å². The third kappa shape index (κ3) is 5.76. The van der Waals surface area contributed by atoms with Crippen LogP contribution in [0.15, 0.2) is 188 Å². The Hall–Kier alpha value is -6.75. The Morgan fingerprint density at radius 2 is 0.755 bits per heavy atom. The number of hydrogen-bond acceptors (Lipinski definition) is 4. The van der Waals surface area contributed by atoms with Gasteiger partial charge in [0.05, 0.1) is 0 Å². The molecule has 0 aliphatic rings. The summed E-state index contributed by atoms with van der Waals surface area (Å²) in [6, 6.07) is 66.3. The van der Waals surface area contributed by atoms with Crippen LogP contribution >= 0.6 is 11.3 Å². The zero-order chi connectivity index (χ0) is 35.1. The van der Waals surface area contributed by atoms with E-state index in [9.17, 15) is 0 Å². The Morgan fingerprint density at radius 1 is 0.283 bits per heavy atom. The average molecular weight is 694 g/mol. The number of fused-ring (bicyclic) bond motifs is 5. The molecule has 0 amide bonds. The molecule has 10 aromatic rings. The highest BCUT2D eigenvalue weighted by molar-refractivity contribution is 7.26. The summed E-state index contributed by atoms with van der Waals surface area (Å²) in [5.41, 5.74) is 10.0. The summed E-state index contributed by atoms with van der Waals surface area (Å²) < 4.78 is 2.52. The van der Waals surface area contributed by atoms with E-state index in [2.05, 4.69) is 164 Å². The highest BCUT2D eigenvalue weighted by Gasteiger charge is 2.19. The van der Waals surface area contributed by atoms with E-state index in [0.717, 1.165) is 33.2 Å². The molecule has 0 aliphatic carbocycles. The van der Waals surface area contributed by atoms with Crippen LogP contribution in [-0.2, 0) is 0 Å². The van der Waals surface area contributed by atoms with Gasteiger partial charge in [-0.2, -0.15) is 0 Å². The van der Waals surface area contributed by atoms with E-state index in [1.165, 1.54) is 47.8 Å². The van der Waals surface area contributed by atoms with Crippen molar-refractivity contribution in [2.75, 3.05) is 0 Å². The van der Waals surface area contributed by atoms with Crippen LogP contribution in [0.3, 0.4) is 0 Å². The van der Waals surface area contributed by atoms with Gasteiger partial charge in [-0.1, -0.05) is 164 Å². The Morgan fingerprint density at radius 3 is 1.42 bits per heavy atom. The summed E-state index contributed by atoms with van der Waals surface area (Å²) in [5, 5.41) is 4.75. The van der Waals surface area contributed by atoms with E-state index < -0.39 is 0 Å². The molecule has 0 N–H and O–H groups in total. The van der Waals surface area contributed by atoms with Crippen LogP contribution in [0.25, 0.3) is 98.5 Å². The molecule has 0 unspecified atom stereocenters. The Kier molecular flexibility index (Phi) is 7.67. The van der Waals surface area contributed by atoms with Gasteiger partial charge in [0.25, 0.3) is 0 Å². The summed E-state index contributed by atoms with van der Waals surface area (Å²) in [5.74, 6) is 1.96. The lowest BCUT2D eigenvalue weighted by Gasteiger charge is -2.12. The molecule has 0 spiro atoms. The van der Waals surface area contributed by atoms with Crippen molar-refractivity contribution in [3.63, 3.8) is 0 Å². The smallest absolute Gasteiger partial charge is 0.164 e. The van der Waals surface area contributed by atoms with E-state index in [4.69, 9.17) is 15.0 Å². The van der Waals surface area contributed by atoms with Crippen LogP contribution in [0.2, 0.25) is 0 Å². The standard InChI is InChI=1S/C49H31N3S/c1-4-14-32(15-5-1)35-20-12-22-37(28-35)38-26-27-41-43-31-44(40-24-10-11-25-42(40)46(43)53-45(41)30-38)49-51-47(34-18-8-3-9-19-34)50-48(52-49)39-23-13-21-36(29-39)33-16-6-2-7-17-33/h1-31H. The molecule has 3 nitrogen and oxygen atoms in total. The molecule has 0 saturated carbocycles. The summed E-state index contributed by atoms with van der Waals surface area (Å²) >= 11 is 1.85. The molecule has 4 heteroatoms. The van der Waals surface area contributed by atoms with Gasteiger partial charge < -0.3 is 0 Å². The average Bonchev–Trinajstić information content (AvgIpc) is 3.62. The van der Waals surface area contributed by atoms with Crippen LogP contribution in [0.4, 0.5) is 0 Å². The molecular formula is C49H31N3S. The van der Waals surface area contributed by atoms with Crippen molar-refractivity contribution in [2.45, 2.75) is 0 Å². The highest BCUT2D eigenvalue weighted by atomic mass is 32.1. The van der Waals surface area contributed by atoms with Crippen LogP contribution in [0.1, 0.15) is 0 Å².